The first kappa shape index (κ1) is 24.0. The highest BCUT2D eigenvalue weighted by atomic mass is 32.2. The zero-order valence-electron chi connectivity index (χ0n) is 16.6. The van der Waals surface area contributed by atoms with E-state index in [1.165, 1.54) is 12.3 Å². The van der Waals surface area contributed by atoms with Crippen LogP contribution in [0.3, 0.4) is 0 Å². The zero-order chi connectivity index (χ0) is 24.4. The average molecular weight is 485 g/mol. The largest absolute Gasteiger partial charge is 0.416 e. The number of alkyl halides is 3. The van der Waals surface area contributed by atoms with Crippen LogP contribution >= 0.6 is 0 Å². The molecule has 0 bridgehead atoms. The van der Waals surface area contributed by atoms with Gasteiger partial charge in [0.15, 0.2) is 5.82 Å². The summed E-state index contributed by atoms with van der Waals surface area (Å²) >= 11 is 0. The predicted octanol–water partition coefficient (Wildman–Crippen LogP) is 5.40. The lowest BCUT2D eigenvalue weighted by Crippen LogP contribution is -2.09. The Morgan fingerprint density at radius 1 is 1.12 bits per heavy atom. The van der Waals surface area contributed by atoms with E-state index >= 15 is 0 Å². The van der Waals surface area contributed by atoms with Gasteiger partial charge in [0.25, 0.3) is 0 Å². The van der Waals surface area contributed by atoms with Crippen molar-refractivity contribution in [2.45, 2.75) is 11.9 Å². The predicted molar refractivity (Wildman–Crippen MR) is 108 cm³/mol. The van der Waals surface area contributed by atoms with Gasteiger partial charge in [-0.25, -0.2) is 27.3 Å². The summed E-state index contributed by atoms with van der Waals surface area (Å²) in [6.07, 6.45) is -1.61. The Kier molecular flexibility index (Phi) is 6.59. The summed E-state index contributed by atoms with van der Waals surface area (Å²) in [5, 5.41) is 11.1. The number of rotatable bonds is 5. The van der Waals surface area contributed by atoms with Crippen LogP contribution in [0.4, 0.5) is 38.0 Å². The van der Waals surface area contributed by atoms with Crippen molar-refractivity contribution in [3.63, 3.8) is 0 Å². The summed E-state index contributed by atoms with van der Waals surface area (Å²) in [5.41, 5.74) is -2.26. The van der Waals surface area contributed by atoms with E-state index in [-0.39, 0.29) is 22.8 Å². The molecule has 0 aliphatic rings. The van der Waals surface area contributed by atoms with Crippen LogP contribution in [0.15, 0.2) is 47.0 Å². The zero-order valence-corrected chi connectivity index (χ0v) is 17.4. The number of hydrogen-bond acceptors (Lipinski definition) is 6. The molecule has 0 saturated carbocycles. The molecule has 1 atom stereocenters. The van der Waals surface area contributed by atoms with Crippen LogP contribution in [0.25, 0.3) is 11.3 Å². The van der Waals surface area contributed by atoms with E-state index in [1.807, 2.05) is 0 Å². The molecule has 0 radical (unpaired) electrons. The maximum atomic E-state index is 14.2. The van der Waals surface area contributed by atoms with Gasteiger partial charge in [-0.15, -0.1) is 4.36 Å². The number of nitrogens with one attached hydrogen (secondary N) is 1. The van der Waals surface area contributed by atoms with Crippen molar-refractivity contribution >= 4 is 21.4 Å². The number of halogens is 6. The number of benzene rings is 2. The van der Waals surface area contributed by atoms with Crippen molar-refractivity contribution in [1.29, 1.82) is 5.26 Å². The standard InChI is InChI=1S/C20H13F6N5OS/c1-33(32,29-10-27)9-11-4-12(20(24,25)26)6-14(5-11)30-19-28-8-17(23)18(31-19)15-3-2-13(21)7-16(15)22/h2-8H,9H2,1H3,(H,28,30,31)/t33-/m1/s1. The average Bonchev–Trinajstić information content (AvgIpc) is 2.68. The van der Waals surface area contributed by atoms with E-state index in [1.54, 1.807) is 0 Å². The molecule has 172 valence electrons. The Morgan fingerprint density at radius 2 is 1.85 bits per heavy atom. The van der Waals surface area contributed by atoms with Crippen LogP contribution in [0, 0.1) is 28.9 Å². The Bertz CT molecular complexity index is 1380. The van der Waals surface area contributed by atoms with E-state index in [9.17, 15) is 30.6 Å². The van der Waals surface area contributed by atoms with Crippen LogP contribution in [-0.2, 0) is 21.7 Å². The van der Waals surface area contributed by atoms with Gasteiger partial charge in [-0.3, -0.25) is 0 Å². The molecule has 6 nitrogen and oxygen atoms in total. The molecule has 1 aromatic heterocycles. The van der Waals surface area contributed by atoms with E-state index < -0.39 is 50.4 Å². The molecular weight excluding hydrogens is 472 g/mol. The van der Waals surface area contributed by atoms with Gasteiger partial charge in [-0.1, -0.05) is 0 Å². The molecule has 0 amide bonds. The lowest BCUT2D eigenvalue weighted by molar-refractivity contribution is -0.137. The molecular formula is C20H13F6N5OS. The van der Waals surface area contributed by atoms with E-state index in [4.69, 9.17) is 5.26 Å². The first-order valence-corrected chi connectivity index (χ1v) is 11.0. The van der Waals surface area contributed by atoms with Gasteiger partial charge in [0.2, 0.25) is 12.1 Å². The van der Waals surface area contributed by atoms with Crippen molar-refractivity contribution in [1.82, 2.24) is 9.97 Å². The van der Waals surface area contributed by atoms with Gasteiger partial charge in [-0.2, -0.15) is 18.4 Å². The third kappa shape index (κ3) is 5.98. The summed E-state index contributed by atoms with van der Waals surface area (Å²) in [7, 11) is -3.13. The topological polar surface area (TPSA) is 91.0 Å². The lowest BCUT2D eigenvalue weighted by atomic mass is 10.1. The Balaban J connectivity index is 2.04. The number of nitriles is 1. The molecule has 0 fully saturated rings. The van der Waals surface area contributed by atoms with Crippen LogP contribution in [0.2, 0.25) is 0 Å². The summed E-state index contributed by atoms with van der Waals surface area (Å²) in [4.78, 5) is 7.43. The monoisotopic (exact) mass is 485 g/mol. The number of aromatic nitrogens is 2. The highest BCUT2D eigenvalue weighted by Crippen LogP contribution is 2.33. The molecule has 0 saturated heterocycles. The minimum absolute atomic E-state index is 0.0502. The fourth-order valence-electron chi connectivity index (χ4n) is 2.87. The highest BCUT2D eigenvalue weighted by Gasteiger charge is 2.31. The summed E-state index contributed by atoms with van der Waals surface area (Å²) in [6.45, 7) is 0. The van der Waals surface area contributed by atoms with Gasteiger partial charge in [-0.05, 0) is 35.9 Å². The number of anilines is 2. The van der Waals surface area contributed by atoms with Crippen molar-refractivity contribution < 1.29 is 30.6 Å². The molecule has 0 aliphatic heterocycles. The van der Waals surface area contributed by atoms with Gasteiger partial charge in [0, 0.05) is 23.6 Å². The second-order valence-electron chi connectivity index (χ2n) is 6.85. The van der Waals surface area contributed by atoms with E-state index in [2.05, 4.69) is 19.6 Å². The second kappa shape index (κ2) is 9.07. The fourth-order valence-corrected chi connectivity index (χ4v) is 3.89. The fraction of sp³-hybridized carbons (Fsp3) is 0.150. The van der Waals surface area contributed by atoms with E-state index in [0.717, 1.165) is 24.5 Å². The molecule has 1 N–H and O–H groups in total. The SMILES string of the molecule is C[S@@](=O)(Cc1cc(Nc2ncc(F)c(-c3ccc(F)cc3F)n2)cc(C(F)(F)F)c1)=NC#N. The first-order chi connectivity index (χ1) is 15.4. The summed E-state index contributed by atoms with van der Waals surface area (Å²) < 4.78 is 97.0. The van der Waals surface area contributed by atoms with Crippen molar-refractivity contribution in [3.05, 3.63) is 71.2 Å². The third-order valence-corrected chi connectivity index (χ3v) is 5.51. The Labute approximate surface area is 184 Å². The van der Waals surface area contributed by atoms with Crippen LogP contribution in [-0.4, -0.2) is 20.4 Å². The van der Waals surface area contributed by atoms with Crippen molar-refractivity contribution in [2.24, 2.45) is 4.36 Å². The normalized spacial score (nSPS) is 13.2. The smallest absolute Gasteiger partial charge is 0.324 e. The van der Waals surface area contributed by atoms with E-state index in [0.29, 0.717) is 18.3 Å². The maximum Gasteiger partial charge on any atom is 0.416 e. The molecule has 1 heterocycles. The third-order valence-electron chi connectivity index (χ3n) is 4.18. The van der Waals surface area contributed by atoms with Crippen LogP contribution < -0.4 is 5.32 Å². The van der Waals surface area contributed by atoms with Gasteiger partial charge in [0.1, 0.15) is 17.3 Å². The first-order valence-electron chi connectivity index (χ1n) is 8.92. The quantitative estimate of drug-likeness (QED) is 0.386. The number of hydrogen-bond donors (Lipinski definition) is 1. The molecule has 3 rings (SSSR count). The van der Waals surface area contributed by atoms with Crippen molar-refractivity contribution in [3.8, 4) is 17.5 Å². The molecule has 0 unspecified atom stereocenters. The van der Waals surface area contributed by atoms with Gasteiger partial charge >= 0.3 is 6.18 Å². The lowest BCUT2D eigenvalue weighted by Gasteiger charge is -2.14. The molecule has 0 spiro atoms. The molecule has 0 aliphatic carbocycles. The molecule has 33 heavy (non-hydrogen) atoms. The summed E-state index contributed by atoms with van der Waals surface area (Å²) in [6, 6.07) is 5.05. The Hall–Kier alpha value is -3.66. The van der Waals surface area contributed by atoms with Crippen LogP contribution in [0.5, 0.6) is 0 Å². The van der Waals surface area contributed by atoms with Gasteiger partial charge < -0.3 is 5.32 Å². The molecule has 13 heteroatoms. The molecule has 2 aromatic carbocycles. The second-order valence-corrected chi connectivity index (χ2v) is 9.24. The number of nitrogens with zero attached hydrogens (tertiary/aromatic N) is 4. The molecule has 3 aromatic rings. The highest BCUT2D eigenvalue weighted by molar-refractivity contribution is 7.92. The van der Waals surface area contributed by atoms with Crippen LogP contribution in [0.1, 0.15) is 11.1 Å². The maximum absolute atomic E-state index is 14.2. The van der Waals surface area contributed by atoms with Crippen molar-refractivity contribution in [2.75, 3.05) is 11.6 Å². The van der Waals surface area contributed by atoms with Gasteiger partial charge in [0.05, 0.1) is 27.2 Å². The minimum atomic E-state index is -4.76. The Morgan fingerprint density at radius 3 is 2.48 bits per heavy atom. The summed E-state index contributed by atoms with van der Waals surface area (Å²) in [5.74, 6) is -3.86. The minimum Gasteiger partial charge on any atom is -0.324 e.